The Morgan fingerprint density at radius 1 is 1.30 bits per heavy atom. The molecule has 60 valence electrons. The highest BCUT2D eigenvalue weighted by Crippen LogP contribution is 1.76. The van der Waals surface area contributed by atoms with E-state index in [0.717, 1.165) is 26.3 Å². The van der Waals surface area contributed by atoms with Crippen molar-refractivity contribution in [2.75, 3.05) is 26.3 Å². The van der Waals surface area contributed by atoms with Crippen LogP contribution in [0.1, 0.15) is 13.8 Å². The van der Waals surface area contributed by atoms with Gasteiger partial charge in [-0.25, -0.2) is 0 Å². The number of hydrogen-bond donors (Lipinski definition) is 1. The summed E-state index contributed by atoms with van der Waals surface area (Å²) in [6.45, 7) is 11.3. The van der Waals surface area contributed by atoms with E-state index in [1.807, 2.05) is 13.8 Å². The zero-order valence-electron chi connectivity index (χ0n) is 6.94. The fraction of sp³-hybridized carbons (Fsp3) is 0.750. The third-order valence-corrected chi connectivity index (χ3v) is 0.846. The Morgan fingerprint density at radius 2 is 1.70 bits per heavy atom. The van der Waals surface area contributed by atoms with Crippen molar-refractivity contribution >= 4 is 0 Å². The Hall–Kier alpha value is -0.340. The molecule has 0 saturated carbocycles. The van der Waals surface area contributed by atoms with E-state index in [-0.39, 0.29) is 0 Å². The maximum Gasteiger partial charge on any atom is 0.0591 e. The first-order valence-electron chi connectivity index (χ1n) is 3.64. The summed E-state index contributed by atoms with van der Waals surface area (Å²) in [5.41, 5.74) is 1.17. The molecular formula is C8H17NO. The van der Waals surface area contributed by atoms with Crippen molar-refractivity contribution in [3.63, 3.8) is 0 Å². The summed E-state index contributed by atoms with van der Waals surface area (Å²) < 4.78 is 5.01. The molecule has 0 aromatic rings. The number of ether oxygens (including phenoxy) is 1. The number of morpholine rings is 1. The molecule has 0 aliphatic carbocycles. The molecule has 0 spiro atoms. The smallest absolute Gasteiger partial charge is 0.0591 e. The Kier molecular flexibility index (Phi) is 6.55. The second-order valence-electron chi connectivity index (χ2n) is 2.57. The van der Waals surface area contributed by atoms with Crippen molar-refractivity contribution < 1.29 is 4.74 Å². The third-order valence-electron chi connectivity index (χ3n) is 0.846. The predicted molar refractivity (Wildman–Crippen MR) is 44.2 cm³/mol. The molecule has 10 heavy (non-hydrogen) atoms. The average molecular weight is 143 g/mol. The van der Waals surface area contributed by atoms with Gasteiger partial charge in [0.2, 0.25) is 0 Å². The summed E-state index contributed by atoms with van der Waals surface area (Å²) in [5, 5.41) is 3.16. The zero-order valence-corrected chi connectivity index (χ0v) is 6.94. The highest BCUT2D eigenvalue weighted by Gasteiger charge is 1.92. The first-order chi connectivity index (χ1) is 4.73. The first kappa shape index (κ1) is 9.66. The van der Waals surface area contributed by atoms with Crippen molar-refractivity contribution in [3.8, 4) is 0 Å². The molecule has 0 aromatic heterocycles. The van der Waals surface area contributed by atoms with Crippen LogP contribution in [0.5, 0.6) is 0 Å². The summed E-state index contributed by atoms with van der Waals surface area (Å²) in [4.78, 5) is 0. The summed E-state index contributed by atoms with van der Waals surface area (Å²) >= 11 is 0. The topological polar surface area (TPSA) is 21.3 Å². The van der Waals surface area contributed by atoms with Gasteiger partial charge in [-0.2, -0.15) is 0 Å². The highest BCUT2D eigenvalue weighted by molar-refractivity contribution is 4.78. The molecule has 0 unspecified atom stereocenters. The van der Waals surface area contributed by atoms with Gasteiger partial charge in [-0.3, -0.25) is 0 Å². The summed E-state index contributed by atoms with van der Waals surface area (Å²) in [6.07, 6.45) is 0. The summed E-state index contributed by atoms with van der Waals surface area (Å²) in [5.74, 6) is 0. The second kappa shape index (κ2) is 6.78. The van der Waals surface area contributed by atoms with Gasteiger partial charge in [-0.1, -0.05) is 5.57 Å². The molecule has 1 N–H and O–H groups in total. The molecule has 1 aliphatic rings. The van der Waals surface area contributed by atoms with Crippen LogP contribution < -0.4 is 5.32 Å². The quantitative estimate of drug-likeness (QED) is 0.514. The molecule has 1 heterocycles. The number of rotatable bonds is 0. The van der Waals surface area contributed by atoms with Crippen molar-refractivity contribution in [2.24, 2.45) is 0 Å². The minimum absolute atomic E-state index is 0.889. The number of hydrogen-bond acceptors (Lipinski definition) is 2. The minimum atomic E-state index is 0.889. The van der Waals surface area contributed by atoms with Crippen LogP contribution in [-0.2, 0) is 4.74 Å². The second-order valence-corrected chi connectivity index (χ2v) is 2.57. The van der Waals surface area contributed by atoms with E-state index in [9.17, 15) is 0 Å². The molecular weight excluding hydrogens is 126 g/mol. The lowest BCUT2D eigenvalue weighted by atomic mass is 10.4. The van der Waals surface area contributed by atoms with Crippen LogP contribution in [0, 0.1) is 0 Å². The van der Waals surface area contributed by atoms with Gasteiger partial charge in [-0.05, 0) is 13.8 Å². The van der Waals surface area contributed by atoms with Gasteiger partial charge in [0.15, 0.2) is 0 Å². The normalized spacial score (nSPS) is 17.0. The van der Waals surface area contributed by atoms with Crippen LogP contribution in [0.4, 0.5) is 0 Å². The molecule has 1 saturated heterocycles. The fourth-order valence-electron chi connectivity index (χ4n) is 0.516. The van der Waals surface area contributed by atoms with E-state index >= 15 is 0 Å². The van der Waals surface area contributed by atoms with Gasteiger partial charge < -0.3 is 10.1 Å². The lowest BCUT2D eigenvalue weighted by molar-refractivity contribution is 0.109. The lowest BCUT2D eigenvalue weighted by Gasteiger charge is -2.10. The Balaban J connectivity index is 0.000000180. The van der Waals surface area contributed by atoms with Crippen LogP contribution in [0.3, 0.4) is 0 Å². The lowest BCUT2D eigenvalue weighted by Crippen LogP contribution is -2.30. The molecule has 0 bridgehead atoms. The molecule has 0 atom stereocenters. The van der Waals surface area contributed by atoms with Crippen LogP contribution in [0.25, 0.3) is 0 Å². The molecule has 1 fully saturated rings. The zero-order chi connectivity index (χ0) is 7.82. The van der Waals surface area contributed by atoms with Gasteiger partial charge in [0.05, 0.1) is 13.2 Å². The van der Waals surface area contributed by atoms with Gasteiger partial charge in [-0.15, -0.1) is 6.58 Å². The number of allylic oxidation sites excluding steroid dienone is 1. The highest BCUT2D eigenvalue weighted by atomic mass is 16.5. The van der Waals surface area contributed by atoms with E-state index in [0.29, 0.717) is 0 Å². The Bertz CT molecular complexity index is 71.7. The van der Waals surface area contributed by atoms with Gasteiger partial charge in [0.25, 0.3) is 0 Å². The van der Waals surface area contributed by atoms with Gasteiger partial charge in [0, 0.05) is 13.1 Å². The molecule has 2 nitrogen and oxygen atoms in total. The van der Waals surface area contributed by atoms with E-state index < -0.39 is 0 Å². The minimum Gasteiger partial charge on any atom is -0.379 e. The monoisotopic (exact) mass is 143 g/mol. The Morgan fingerprint density at radius 3 is 1.80 bits per heavy atom. The van der Waals surface area contributed by atoms with E-state index in [4.69, 9.17) is 4.74 Å². The van der Waals surface area contributed by atoms with Crippen LogP contribution >= 0.6 is 0 Å². The Labute approximate surface area is 63.3 Å². The summed E-state index contributed by atoms with van der Waals surface area (Å²) in [6, 6.07) is 0. The SMILES string of the molecule is C1COCCN1.C=C(C)C. The first-order valence-corrected chi connectivity index (χ1v) is 3.64. The predicted octanol–water partition coefficient (Wildman–Crippen LogP) is 1.19. The molecule has 0 radical (unpaired) electrons. The molecule has 1 rings (SSSR count). The number of nitrogens with one attached hydrogen (secondary N) is 1. The van der Waals surface area contributed by atoms with Crippen molar-refractivity contribution in [2.45, 2.75) is 13.8 Å². The molecule has 2 heteroatoms. The van der Waals surface area contributed by atoms with Crippen LogP contribution in [-0.4, -0.2) is 26.3 Å². The van der Waals surface area contributed by atoms with E-state index in [1.165, 1.54) is 5.57 Å². The van der Waals surface area contributed by atoms with Crippen molar-refractivity contribution in [1.82, 2.24) is 5.32 Å². The van der Waals surface area contributed by atoms with Crippen LogP contribution in [0.2, 0.25) is 0 Å². The standard InChI is InChI=1S/C4H9NO.C4H8/c1-3-6-4-2-5-1;1-4(2)3/h5H,1-4H2;1H2,2-3H3. The fourth-order valence-corrected chi connectivity index (χ4v) is 0.516. The van der Waals surface area contributed by atoms with E-state index in [1.54, 1.807) is 0 Å². The average Bonchev–Trinajstić information content (AvgIpc) is 1.90. The largest absolute Gasteiger partial charge is 0.379 e. The van der Waals surface area contributed by atoms with Crippen molar-refractivity contribution in [1.29, 1.82) is 0 Å². The molecule has 0 amide bonds. The summed E-state index contributed by atoms with van der Waals surface area (Å²) in [7, 11) is 0. The maximum atomic E-state index is 5.01. The van der Waals surface area contributed by atoms with Crippen LogP contribution in [0.15, 0.2) is 12.2 Å². The molecule has 0 aromatic carbocycles. The van der Waals surface area contributed by atoms with E-state index in [2.05, 4.69) is 11.9 Å². The molecule has 1 aliphatic heterocycles. The van der Waals surface area contributed by atoms with Gasteiger partial charge in [0.1, 0.15) is 0 Å². The van der Waals surface area contributed by atoms with Crippen molar-refractivity contribution in [3.05, 3.63) is 12.2 Å². The van der Waals surface area contributed by atoms with Gasteiger partial charge >= 0.3 is 0 Å². The maximum absolute atomic E-state index is 5.01. The third kappa shape index (κ3) is 10.6.